The van der Waals surface area contributed by atoms with Crippen LogP contribution < -0.4 is 10.5 Å². The lowest BCUT2D eigenvalue weighted by Crippen LogP contribution is -2.21. The van der Waals surface area contributed by atoms with Crippen LogP contribution in [-0.2, 0) is 6.54 Å². The van der Waals surface area contributed by atoms with Gasteiger partial charge in [-0.15, -0.1) is 0 Å². The molecule has 1 aliphatic carbocycles. The lowest BCUT2D eigenvalue weighted by Gasteiger charge is -2.23. The van der Waals surface area contributed by atoms with Gasteiger partial charge in [-0.25, -0.2) is 0 Å². The Bertz CT molecular complexity index is 346. The summed E-state index contributed by atoms with van der Waals surface area (Å²) in [4.78, 5) is 4.41. The molecule has 1 aliphatic rings. The van der Waals surface area contributed by atoms with Crippen molar-refractivity contribution in [3.8, 4) is 5.75 Å². The molecule has 0 aromatic carbocycles. The number of aromatic nitrogens is 1. The van der Waals surface area contributed by atoms with Crippen LogP contribution in [0.1, 0.15) is 43.5 Å². The van der Waals surface area contributed by atoms with E-state index in [1.165, 1.54) is 19.3 Å². The molecule has 1 saturated carbocycles. The molecule has 0 spiro atoms. The first-order chi connectivity index (χ1) is 7.79. The molecule has 0 aliphatic heterocycles. The zero-order valence-electron chi connectivity index (χ0n) is 9.91. The maximum absolute atomic E-state index is 5.99. The summed E-state index contributed by atoms with van der Waals surface area (Å²) in [5.74, 6) is 0.875. The van der Waals surface area contributed by atoms with Crippen LogP contribution in [0.5, 0.6) is 5.75 Å². The highest BCUT2D eigenvalue weighted by Gasteiger charge is 2.16. The minimum atomic E-state index is 0.364. The SMILES string of the molecule is Cc1ccc(OC2CCCCC2)c(CN)n1. The van der Waals surface area contributed by atoms with Gasteiger partial charge in [-0.3, -0.25) is 4.98 Å². The van der Waals surface area contributed by atoms with Crippen molar-refractivity contribution in [3.63, 3.8) is 0 Å². The van der Waals surface area contributed by atoms with Gasteiger partial charge < -0.3 is 10.5 Å². The number of hydrogen-bond donors (Lipinski definition) is 1. The van der Waals surface area contributed by atoms with Crippen LogP contribution in [0.2, 0.25) is 0 Å². The molecule has 1 fully saturated rings. The normalized spacial score (nSPS) is 17.4. The van der Waals surface area contributed by atoms with Crippen molar-refractivity contribution in [2.75, 3.05) is 0 Å². The van der Waals surface area contributed by atoms with Crippen LogP contribution in [-0.4, -0.2) is 11.1 Å². The topological polar surface area (TPSA) is 48.1 Å². The van der Waals surface area contributed by atoms with Crippen molar-refractivity contribution < 1.29 is 4.74 Å². The van der Waals surface area contributed by atoms with Crippen LogP contribution in [0, 0.1) is 6.92 Å². The first kappa shape index (κ1) is 11.4. The maximum atomic E-state index is 5.99. The summed E-state index contributed by atoms with van der Waals surface area (Å²) in [7, 11) is 0. The Balaban J connectivity index is 2.07. The predicted octanol–water partition coefficient (Wildman–Crippen LogP) is 2.56. The minimum Gasteiger partial charge on any atom is -0.488 e. The van der Waals surface area contributed by atoms with E-state index in [1.807, 2.05) is 19.1 Å². The molecule has 16 heavy (non-hydrogen) atoms. The molecule has 0 amide bonds. The van der Waals surface area contributed by atoms with Crippen molar-refractivity contribution >= 4 is 0 Å². The lowest BCUT2D eigenvalue weighted by molar-refractivity contribution is 0.153. The fourth-order valence-corrected chi connectivity index (χ4v) is 2.21. The zero-order valence-corrected chi connectivity index (χ0v) is 9.91. The van der Waals surface area contributed by atoms with E-state index in [9.17, 15) is 0 Å². The molecule has 0 unspecified atom stereocenters. The van der Waals surface area contributed by atoms with Crippen molar-refractivity contribution in [1.29, 1.82) is 0 Å². The predicted molar refractivity (Wildman–Crippen MR) is 64.4 cm³/mol. The summed E-state index contributed by atoms with van der Waals surface area (Å²) in [6.45, 7) is 2.42. The van der Waals surface area contributed by atoms with Gasteiger partial charge >= 0.3 is 0 Å². The standard InChI is InChI=1S/C13H20N2O/c1-10-7-8-13(12(9-14)15-10)16-11-5-3-2-4-6-11/h7-8,11H,2-6,9,14H2,1H3. The Morgan fingerprint density at radius 2 is 2.06 bits per heavy atom. The third-order valence-corrected chi connectivity index (χ3v) is 3.11. The van der Waals surface area contributed by atoms with E-state index in [-0.39, 0.29) is 0 Å². The van der Waals surface area contributed by atoms with Gasteiger partial charge in [-0.2, -0.15) is 0 Å². The molecule has 88 valence electrons. The van der Waals surface area contributed by atoms with Crippen molar-refractivity contribution in [2.45, 2.75) is 51.7 Å². The average molecular weight is 220 g/mol. The van der Waals surface area contributed by atoms with E-state index in [4.69, 9.17) is 10.5 Å². The molecule has 0 saturated heterocycles. The number of nitrogens with zero attached hydrogens (tertiary/aromatic N) is 1. The summed E-state index contributed by atoms with van der Waals surface area (Å²) in [6.07, 6.45) is 6.60. The van der Waals surface area contributed by atoms with Gasteiger partial charge in [0.25, 0.3) is 0 Å². The molecule has 3 nitrogen and oxygen atoms in total. The highest BCUT2D eigenvalue weighted by Crippen LogP contribution is 2.25. The molecule has 1 aromatic rings. The molecule has 1 aromatic heterocycles. The van der Waals surface area contributed by atoms with Crippen LogP contribution in [0.4, 0.5) is 0 Å². The Morgan fingerprint density at radius 1 is 1.31 bits per heavy atom. The van der Waals surface area contributed by atoms with Crippen LogP contribution in [0.3, 0.4) is 0 Å². The van der Waals surface area contributed by atoms with Crippen molar-refractivity contribution in [3.05, 3.63) is 23.5 Å². The van der Waals surface area contributed by atoms with Gasteiger partial charge in [0.1, 0.15) is 5.75 Å². The maximum Gasteiger partial charge on any atom is 0.142 e. The van der Waals surface area contributed by atoms with E-state index in [1.54, 1.807) is 0 Å². The summed E-state index contributed by atoms with van der Waals surface area (Å²) < 4.78 is 5.99. The number of hydrogen-bond acceptors (Lipinski definition) is 3. The number of rotatable bonds is 3. The molecular weight excluding hydrogens is 200 g/mol. The van der Waals surface area contributed by atoms with Gasteiger partial charge in [0.05, 0.1) is 11.8 Å². The summed E-state index contributed by atoms with van der Waals surface area (Å²) in [5, 5.41) is 0. The molecule has 0 radical (unpaired) electrons. The third-order valence-electron chi connectivity index (χ3n) is 3.11. The Morgan fingerprint density at radius 3 is 2.75 bits per heavy atom. The second kappa shape index (κ2) is 5.30. The fourth-order valence-electron chi connectivity index (χ4n) is 2.21. The molecule has 2 rings (SSSR count). The highest BCUT2D eigenvalue weighted by atomic mass is 16.5. The summed E-state index contributed by atoms with van der Waals surface area (Å²) in [5.41, 5.74) is 7.56. The number of pyridine rings is 1. The van der Waals surface area contributed by atoms with Crippen LogP contribution in [0.15, 0.2) is 12.1 Å². The van der Waals surface area contributed by atoms with Gasteiger partial charge in [0.2, 0.25) is 0 Å². The van der Waals surface area contributed by atoms with Gasteiger partial charge in [-0.05, 0) is 44.7 Å². The first-order valence-electron chi connectivity index (χ1n) is 6.13. The Hall–Kier alpha value is -1.09. The third kappa shape index (κ3) is 2.73. The first-order valence-corrected chi connectivity index (χ1v) is 6.13. The van der Waals surface area contributed by atoms with E-state index in [0.717, 1.165) is 30.0 Å². The number of aryl methyl sites for hydroxylation is 1. The van der Waals surface area contributed by atoms with Gasteiger partial charge in [0.15, 0.2) is 0 Å². The second-order valence-corrected chi connectivity index (χ2v) is 4.48. The number of ether oxygens (including phenoxy) is 1. The van der Waals surface area contributed by atoms with E-state index < -0.39 is 0 Å². The van der Waals surface area contributed by atoms with Gasteiger partial charge in [-0.1, -0.05) is 6.42 Å². The highest BCUT2D eigenvalue weighted by molar-refractivity contribution is 5.29. The Kier molecular flexibility index (Phi) is 3.78. The van der Waals surface area contributed by atoms with Crippen LogP contribution >= 0.6 is 0 Å². The molecule has 0 bridgehead atoms. The minimum absolute atomic E-state index is 0.364. The Labute approximate surface area is 97.0 Å². The van der Waals surface area contributed by atoms with E-state index in [0.29, 0.717) is 12.6 Å². The largest absolute Gasteiger partial charge is 0.488 e. The van der Waals surface area contributed by atoms with Gasteiger partial charge in [0, 0.05) is 12.2 Å². The average Bonchev–Trinajstić information content (AvgIpc) is 2.33. The fraction of sp³-hybridized carbons (Fsp3) is 0.615. The summed E-state index contributed by atoms with van der Waals surface area (Å²) >= 11 is 0. The lowest BCUT2D eigenvalue weighted by atomic mass is 9.98. The summed E-state index contributed by atoms with van der Waals surface area (Å²) in [6, 6.07) is 3.98. The molecular formula is C13H20N2O. The number of nitrogens with two attached hydrogens (primary N) is 1. The van der Waals surface area contributed by atoms with Crippen molar-refractivity contribution in [2.24, 2.45) is 5.73 Å². The van der Waals surface area contributed by atoms with E-state index >= 15 is 0 Å². The zero-order chi connectivity index (χ0) is 11.4. The molecule has 1 heterocycles. The quantitative estimate of drug-likeness (QED) is 0.851. The van der Waals surface area contributed by atoms with E-state index in [2.05, 4.69) is 4.98 Å². The van der Waals surface area contributed by atoms with Crippen molar-refractivity contribution in [1.82, 2.24) is 4.98 Å². The molecule has 3 heteroatoms. The molecule has 2 N–H and O–H groups in total. The smallest absolute Gasteiger partial charge is 0.142 e. The molecule has 0 atom stereocenters. The van der Waals surface area contributed by atoms with Crippen LogP contribution in [0.25, 0.3) is 0 Å². The second-order valence-electron chi connectivity index (χ2n) is 4.48. The monoisotopic (exact) mass is 220 g/mol.